The summed E-state index contributed by atoms with van der Waals surface area (Å²) in [6.07, 6.45) is 4.10. The van der Waals surface area contributed by atoms with Gasteiger partial charge in [-0.15, -0.1) is 11.3 Å². The van der Waals surface area contributed by atoms with Crippen LogP contribution in [0.1, 0.15) is 30.0 Å². The van der Waals surface area contributed by atoms with E-state index >= 15 is 0 Å². The molecule has 0 spiro atoms. The van der Waals surface area contributed by atoms with Gasteiger partial charge in [0.25, 0.3) is 0 Å². The molecule has 1 N–H and O–H groups in total. The Morgan fingerprint density at radius 2 is 2.21 bits per heavy atom. The van der Waals surface area contributed by atoms with Gasteiger partial charge in [0.05, 0.1) is 5.69 Å². The quantitative estimate of drug-likeness (QED) is 0.906. The molecule has 4 nitrogen and oxygen atoms in total. The number of hydrogen-bond acceptors (Lipinski definition) is 5. The van der Waals surface area contributed by atoms with Crippen molar-refractivity contribution in [2.45, 2.75) is 44.4 Å². The molecule has 2 bridgehead atoms. The van der Waals surface area contributed by atoms with Crippen LogP contribution >= 0.6 is 11.3 Å². The Bertz CT molecular complexity index is 419. The second-order valence-electron chi connectivity index (χ2n) is 5.84. The number of rotatable bonds is 4. The lowest BCUT2D eigenvalue weighted by Crippen LogP contribution is -2.36. The first-order chi connectivity index (χ1) is 9.26. The summed E-state index contributed by atoms with van der Waals surface area (Å²) in [5.74, 6) is 0. The van der Waals surface area contributed by atoms with Gasteiger partial charge < -0.3 is 5.32 Å². The Morgan fingerprint density at radius 3 is 3.05 bits per heavy atom. The molecule has 0 aromatic carbocycles. The Labute approximate surface area is 119 Å². The van der Waals surface area contributed by atoms with Crippen molar-refractivity contribution in [3.8, 4) is 0 Å². The molecular weight excluding hydrogens is 256 g/mol. The smallest absolute Gasteiger partial charge is 0.107 e. The number of aromatic nitrogens is 1. The van der Waals surface area contributed by atoms with E-state index in [2.05, 4.69) is 27.5 Å². The number of nitrogens with one attached hydrogen (secondary N) is 1. The van der Waals surface area contributed by atoms with Crippen molar-refractivity contribution < 1.29 is 0 Å². The van der Waals surface area contributed by atoms with Gasteiger partial charge in [0.1, 0.15) is 5.01 Å². The van der Waals surface area contributed by atoms with Crippen molar-refractivity contribution in [2.24, 2.45) is 0 Å². The predicted octanol–water partition coefficient (Wildman–Crippen LogP) is 1.53. The normalized spacial score (nSPS) is 28.7. The first-order valence-corrected chi connectivity index (χ1v) is 8.16. The zero-order valence-electron chi connectivity index (χ0n) is 11.9. The molecule has 3 heterocycles. The second kappa shape index (κ2) is 5.87. The highest BCUT2D eigenvalue weighted by molar-refractivity contribution is 7.09. The van der Waals surface area contributed by atoms with Gasteiger partial charge in [-0.1, -0.05) is 0 Å². The monoisotopic (exact) mass is 280 g/mol. The summed E-state index contributed by atoms with van der Waals surface area (Å²) >= 11 is 1.77. The fourth-order valence-corrected chi connectivity index (χ4v) is 4.20. The number of likely N-dealkylation sites (N-methyl/N-ethyl adjacent to an activating group) is 1. The minimum atomic E-state index is 0.767. The third-order valence-electron chi connectivity index (χ3n) is 4.55. The average Bonchev–Trinajstić information content (AvgIpc) is 2.90. The van der Waals surface area contributed by atoms with Gasteiger partial charge in [0.2, 0.25) is 0 Å². The van der Waals surface area contributed by atoms with Crippen molar-refractivity contribution in [1.29, 1.82) is 0 Å². The lowest BCUT2D eigenvalue weighted by atomic mass is 10.1. The molecule has 106 valence electrons. The first-order valence-electron chi connectivity index (χ1n) is 7.28. The van der Waals surface area contributed by atoms with Gasteiger partial charge in [0.15, 0.2) is 0 Å². The van der Waals surface area contributed by atoms with E-state index in [1.165, 1.54) is 43.1 Å². The van der Waals surface area contributed by atoms with Gasteiger partial charge >= 0.3 is 0 Å². The Morgan fingerprint density at radius 1 is 1.37 bits per heavy atom. The van der Waals surface area contributed by atoms with E-state index in [1.807, 2.05) is 7.05 Å². The highest BCUT2D eigenvalue weighted by atomic mass is 32.1. The van der Waals surface area contributed by atoms with E-state index in [-0.39, 0.29) is 0 Å². The number of fused-ring (bicyclic) bond motifs is 2. The number of nitrogens with zero attached hydrogens (tertiary/aromatic N) is 3. The van der Waals surface area contributed by atoms with Gasteiger partial charge in [-0.3, -0.25) is 9.80 Å². The fourth-order valence-electron chi connectivity index (χ4n) is 3.41. The molecule has 0 saturated carbocycles. The molecule has 5 heteroatoms. The van der Waals surface area contributed by atoms with Gasteiger partial charge in [-0.2, -0.15) is 0 Å². The molecule has 3 rings (SSSR count). The van der Waals surface area contributed by atoms with E-state index in [9.17, 15) is 0 Å². The molecule has 2 fully saturated rings. The van der Waals surface area contributed by atoms with Crippen molar-refractivity contribution in [3.05, 3.63) is 16.1 Å². The zero-order chi connectivity index (χ0) is 13.2. The van der Waals surface area contributed by atoms with E-state index < -0.39 is 0 Å². The van der Waals surface area contributed by atoms with Crippen LogP contribution in [0.25, 0.3) is 0 Å². The van der Waals surface area contributed by atoms with Crippen LogP contribution in [-0.2, 0) is 13.1 Å². The highest BCUT2D eigenvalue weighted by Crippen LogP contribution is 2.29. The molecule has 1 aromatic rings. The summed E-state index contributed by atoms with van der Waals surface area (Å²) in [4.78, 5) is 9.91. The van der Waals surface area contributed by atoms with Crippen LogP contribution in [0.2, 0.25) is 0 Å². The molecule has 2 aliphatic heterocycles. The average molecular weight is 280 g/mol. The summed E-state index contributed by atoms with van der Waals surface area (Å²) in [6.45, 7) is 4.35. The topological polar surface area (TPSA) is 31.4 Å². The summed E-state index contributed by atoms with van der Waals surface area (Å²) in [5.41, 5.74) is 1.25. The van der Waals surface area contributed by atoms with Crippen LogP contribution < -0.4 is 5.32 Å². The molecule has 2 atom stereocenters. The third kappa shape index (κ3) is 2.99. The molecule has 2 saturated heterocycles. The Balaban J connectivity index is 1.60. The van der Waals surface area contributed by atoms with Crippen molar-refractivity contribution in [2.75, 3.05) is 27.2 Å². The fraction of sp³-hybridized carbons (Fsp3) is 0.786. The molecule has 2 aliphatic rings. The maximum Gasteiger partial charge on any atom is 0.107 e. The van der Waals surface area contributed by atoms with Crippen molar-refractivity contribution in [3.63, 3.8) is 0 Å². The largest absolute Gasteiger partial charge is 0.314 e. The van der Waals surface area contributed by atoms with E-state index in [4.69, 9.17) is 4.98 Å². The summed E-state index contributed by atoms with van der Waals surface area (Å²) in [6, 6.07) is 1.59. The highest BCUT2D eigenvalue weighted by Gasteiger charge is 2.34. The molecule has 1 aromatic heterocycles. The maximum absolute atomic E-state index is 4.71. The first kappa shape index (κ1) is 13.5. The van der Waals surface area contributed by atoms with Crippen molar-refractivity contribution in [1.82, 2.24) is 20.1 Å². The van der Waals surface area contributed by atoms with Crippen molar-refractivity contribution >= 4 is 11.3 Å². The maximum atomic E-state index is 4.71. The van der Waals surface area contributed by atoms with Gasteiger partial charge in [-0.05, 0) is 33.4 Å². The number of hydrogen-bond donors (Lipinski definition) is 1. The Kier molecular flexibility index (Phi) is 4.17. The molecule has 0 radical (unpaired) electrons. The zero-order valence-corrected chi connectivity index (χ0v) is 12.7. The van der Waals surface area contributed by atoms with Crippen LogP contribution in [0.3, 0.4) is 0 Å². The van der Waals surface area contributed by atoms with E-state index in [0.29, 0.717) is 0 Å². The van der Waals surface area contributed by atoms with E-state index in [1.54, 1.807) is 11.3 Å². The third-order valence-corrected chi connectivity index (χ3v) is 5.44. The number of thiazole rings is 1. The minimum Gasteiger partial charge on any atom is -0.314 e. The molecule has 0 amide bonds. The summed E-state index contributed by atoms with van der Waals surface area (Å²) in [7, 11) is 4.28. The molecule has 19 heavy (non-hydrogen) atoms. The van der Waals surface area contributed by atoms with Crippen LogP contribution in [0.15, 0.2) is 5.38 Å². The van der Waals surface area contributed by atoms with Crippen LogP contribution in [0.4, 0.5) is 0 Å². The van der Waals surface area contributed by atoms with E-state index in [0.717, 1.165) is 25.2 Å². The minimum absolute atomic E-state index is 0.767. The van der Waals surface area contributed by atoms with Crippen LogP contribution in [0.5, 0.6) is 0 Å². The van der Waals surface area contributed by atoms with Gasteiger partial charge in [-0.25, -0.2) is 4.98 Å². The SMILES string of the molecule is CNCc1nc(CN2CCC3CCC(C2)N3C)cs1. The predicted molar refractivity (Wildman–Crippen MR) is 79.3 cm³/mol. The standard InChI is InChI=1S/C14H24N4S/c1-15-7-14-16-11(10-19-14)8-18-6-5-12-3-4-13(9-18)17(12)2/h10,12-13,15H,3-9H2,1-2H3. The lowest BCUT2D eigenvalue weighted by molar-refractivity contribution is 0.213. The Hall–Kier alpha value is -0.490. The molecule has 0 aliphatic carbocycles. The van der Waals surface area contributed by atoms with Crippen LogP contribution in [0, 0.1) is 0 Å². The molecular formula is C14H24N4S. The molecule has 2 unspecified atom stereocenters. The van der Waals surface area contributed by atoms with Crippen LogP contribution in [-0.4, -0.2) is 54.1 Å². The van der Waals surface area contributed by atoms with Gasteiger partial charge in [0, 0.05) is 43.6 Å². The lowest BCUT2D eigenvalue weighted by Gasteiger charge is -2.25. The number of likely N-dealkylation sites (tertiary alicyclic amines) is 1. The second-order valence-corrected chi connectivity index (χ2v) is 6.78. The summed E-state index contributed by atoms with van der Waals surface area (Å²) in [5, 5.41) is 6.59. The summed E-state index contributed by atoms with van der Waals surface area (Å²) < 4.78 is 0.